The third kappa shape index (κ3) is 1.28. The Labute approximate surface area is 57.0 Å². The highest BCUT2D eigenvalue weighted by Gasteiger charge is 1.94. The average Bonchev–Trinajstić information content (AvgIpc) is 2.34. The standard InChI is InChI=1S/C6H5NOS/c7-3-5-1-2-6(4-8)9-5/h1-2,8H,4H2. The van der Waals surface area contributed by atoms with Crippen LogP contribution in [0.25, 0.3) is 0 Å². The van der Waals surface area contributed by atoms with Crippen LogP contribution in [0.2, 0.25) is 0 Å². The molecule has 46 valence electrons. The predicted octanol–water partition coefficient (Wildman–Crippen LogP) is 1.11. The molecule has 0 saturated carbocycles. The van der Waals surface area contributed by atoms with Crippen LogP contribution in [-0.4, -0.2) is 5.11 Å². The molecule has 0 aliphatic carbocycles. The van der Waals surface area contributed by atoms with Crippen LogP contribution in [0.5, 0.6) is 0 Å². The first-order valence-corrected chi connectivity index (χ1v) is 3.28. The molecule has 0 radical (unpaired) electrons. The molecule has 1 heterocycles. The maximum atomic E-state index is 8.55. The Hall–Kier alpha value is -0.850. The molecule has 2 nitrogen and oxygen atoms in total. The number of hydrogen-bond donors (Lipinski definition) is 1. The van der Waals surface area contributed by atoms with Crippen molar-refractivity contribution in [3.05, 3.63) is 21.9 Å². The second-order valence-electron chi connectivity index (χ2n) is 1.54. The van der Waals surface area contributed by atoms with Crippen LogP contribution in [0.1, 0.15) is 9.75 Å². The number of aliphatic hydroxyl groups excluding tert-OH is 1. The molecule has 0 aromatic carbocycles. The number of rotatable bonds is 1. The molecule has 3 heteroatoms. The van der Waals surface area contributed by atoms with Gasteiger partial charge in [0.25, 0.3) is 0 Å². The third-order valence-electron chi connectivity index (χ3n) is 0.928. The van der Waals surface area contributed by atoms with Gasteiger partial charge in [0.15, 0.2) is 0 Å². The fraction of sp³-hybridized carbons (Fsp3) is 0.167. The Morgan fingerprint density at radius 3 is 2.78 bits per heavy atom. The fourth-order valence-electron chi connectivity index (χ4n) is 0.523. The Balaban J connectivity index is 2.90. The fourth-order valence-corrected chi connectivity index (χ4v) is 1.19. The van der Waals surface area contributed by atoms with Crippen molar-refractivity contribution in [1.29, 1.82) is 5.26 Å². The summed E-state index contributed by atoms with van der Waals surface area (Å²) in [6.45, 7) is 0.0341. The highest BCUT2D eigenvalue weighted by atomic mass is 32.1. The van der Waals surface area contributed by atoms with Crippen LogP contribution in [0.15, 0.2) is 12.1 Å². The molecule has 1 aromatic rings. The first-order chi connectivity index (χ1) is 4.36. The first-order valence-electron chi connectivity index (χ1n) is 2.46. The molecule has 1 aromatic heterocycles. The predicted molar refractivity (Wildman–Crippen MR) is 35.0 cm³/mol. The topological polar surface area (TPSA) is 44.0 Å². The Kier molecular flexibility index (Phi) is 1.83. The molecule has 0 amide bonds. The van der Waals surface area contributed by atoms with Gasteiger partial charge in [-0.15, -0.1) is 11.3 Å². The van der Waals surface area contributed by atoms with Crippen LogP contribution in [0, 0.1) is 11.3 Å². The van der Waals surface area contributed by atoms with Gasteiger partial charge in [-0.1, -0.05) is 0 Å². The van der Waals surface area contributed by atoms with Crippen molar-refractivity contribution in [1.82, 2.24) is 0 Å². The second-order valence-corrected chi connectivity index (χ2v) is 2.70. The number of nitrogens with zero attached hydrogens (tertiary/aromatic N) is 1. The summed E-state index contributed by atoms with van der Waals surface area (Å²) in [7, 11) is 0. The largest absolute Gasteiger partial charge is 0.391 e. The lowest BCUT2D eigenvalue weighted by Gasteiger charge is -1.79. The summed E-state index contributed by atoms with van der Waals surface area (Å²) in [4.78, 5) is 1.49. The smallest absolute Gasteiger partial charge is 0.110 e. The summed E-state index contributed by atoms with van der Waals surface area (Å²) in [5, 5.41) is 16.9. The number of nitriles is 1. The molecule has 0 spiro atoms. The summed E-state index contributed by atoms with van der Waals surface area (Å²) in [6, 6.07) is 5.45. The maximum Gasteiger partial charge on any atom is 0.110 e. The highest BCUT2D eigenvalue weighted by molar-refractivity contribution is 7.12. The molecule has 1 rings (SSSR count). The molecule has 1 N–H and O–H groups in total. The van der Waals surface area contributed by atoms with Gasteiger partial charge in [-0.3, -0.25) is 0 Å². The van der Waals surface area contributed by atoms with Gasteiger partial charge >= 0.3 is 0 Å². The zero-order chi connectivity index (χ0) is 6.69. The van der Waals surface area contributed by atoms with E-state index in [1.165, 1.54) is 11.3 Å². The van der Waals surface area contributed by atoms with Gasteiger partial charge in [-0.2, -0.15) is 5.26 Å². The quantitative estimate of drug-likeness (QED) is 0.633. The van der Waals surface area contributed by atoms with Crippen molar-refractivity contribution >= 4 is 11.3 Å². The average molecular weight is 139 g/mol. The SMILES string of the molecule is N#Cc1ccc(CO)s1. The third-order valence-corrected chi connectivity index (χ3v) is 1.90. The zero-order valence-corrected chi connectivity index (χ0v) is 5.48. The molecular formula is C6H5NOS. The molecule has 0 aliphatic heterocycles. The van der Waals surface area contributed by atoms with Gasteiger partial charge < -0.3 is 5.11 Å². The van der Waals surface area contributed by atoms with Crippen molar-refractivity contribution in [2.24, 2.45) is 0 Å². The van der Waals surface area contributed by atoms with Crippen molar-refractivity contribution in [2.45, 2.75) is 6.61 Å². The second kappa shape index (κ2) is 2.62. The van der Waals surface area contributed by atoms with E-state index in [4.69, 9.17) is 10.4 Å². The van der Waals surface area contributed by atoms with E-state index < -0.39 is 0 Å². The van der Waals surface area contributed by atoms with Crippen molar-refractivity contribution in [3.63, 3.8) is 0 Å². The first kappa shape index (κ1) is 6.27. The highest BCUT2D eigenvalue weighted by Crippen LogP contribution is 2.14. The van der Waals surface area contributed by atoms with Crippen LogP contribution in [0.3, 0.4) is 0 Å². The van der Waals surface area contributed by atoms with Gasteiger partial charge in [0.1, 0.15) is 10.9 Å². The maximum absolute atomic E-state index is 8.55. The number of hydrogen-bond acceptors (Lipinski definition) is 3. The summed E-state index contributed by atoms with van der Waals surface area (Å²) < 4.78 is 0. The minimum Gasteiger partial charge on any atom is -0.391 e. The van der Waals surface area contributed by atoms with E-state index in [0.717, 1.165) is 4.88 Å². The van der Waals surface area contributed by atoms with E-state index in [2.05, 4.69) is 0 Å². The lowest BCUT2D eigenvalue weighted by molar-refractivity contribution is 0.285. The monoisotopic (exact) mass is 139 g/mol. The van der Waals surface area contributed by atoms with E-state index in [9.17, 15) is 0 Å². The van der Waals surface area contributed by atoms with Gasteiger partial charge in [-0.25, -0.2) is 0 Å². The minimum atomic E-state index is 0.0341. The summed E-state index contributed by atoms with van der Waals surface area (Å²) in [5.41, 5.74) is 0. The molecule has 0 unspecified atom stereocenters. The minimum absolute atomic E-state index is 0.0341. The normalized spacial score (nSPS) is 8.89. The van der Waals surface area contributed by atoms with Crippen LogP contribution < -0.4 is 0 Å². The van der Waals surface area contributed by atoms with Gasteiger partial charge in [0.05, 0.1) is 6.61 Å². The molecular weight excluding hydrogens is 134 g/mol. The van der Waals surface area contributed by atoms with E-state index in [-0.39, 0.29) is 6.61 Å². The van der Waals surface area contributed by atoms with E-state index in [0.29, 0.717) is 4.88 Å². The van der Waals surface area contributed by atoms with E-state index >= 15 is 0 Å². The molecule has 0 bridgehead atoms. The molecule has 9 heavy (non-hydrogen) atoms. The van der Waals surface area contributed by atoms with Gasteiger partial charge in [-0.05, 0) is 12.1 Å². The van der Waals surface area contributed by atoms with Gasteiger partial charge in [0.2, 0.25) is 0 Å². The Bertz CT molecular complexity index is 235. The van der Waals surface area contributed by atoms with Crippen molar-refractivity contribution < 1.29 is 5.11 Å². The van der Waals surface area contributed by atoms with Crippen LogP contribution >= 0.6 is 11.3 Å². The lowest BCUT2D eigenvalue weighted by Crippen LogP contribution is -1.69. The van der Waals surface area contributed by atoms with Crippen molar-refractivity contribution in [3.8, 4) is 6.07 Å². The number of thiophene rings is 1. The zero-order valence-electron chi connectivity index (χ0n) is 4.66. The van der Waals surface area contributed by atoms with Crippen LogP contribution in [0.4, 0.5) is 0 Å². The Morgan fingerprint density at radius 2 is 2.44 bits per heavy atom. The molecule has 0 aliphatic rings. The molecule has 0 atom stereocenters. The van der Waals surface area contributed by atoms with Crippen LogP contribution in [-0.2, 0) is 6.61 Å². The molecule has 0 fully saturated rings. The number of aliphatic hydroxyl groups is 1. The lowest BCUT2D eigenvalue weighted by atomic mass is 10.4. The van der Waals surface area contributed by atoms with Crippen molar-refractivity contribution in [2.75, 3.05) is 0 Å². The molecule has 0 saturated heterocycles. The summed E-state index contributed by atoms with van der Waals surface area (Å²) in [5.74, 6) is 0. The van der Waals surface area contributed by atoms with E-state index in [1.54, 1.807) is 12.1 Å². The summed E-state index contributed by atoms with van der Waals surface area (Å²) in [6.07, 6.45) is 0. The Morgan fingerprint density at radius 1 is 1.67 bits per heavy atom. The van der Waals surface area contributed by atoms with E-state index in [1.807, 2.05) is 6.07 Å². The van der Waals surface area contributed by atoms with Gasteiger partial charge in [0, 0.05) is 4.88 Å². The summed E-state index contributed by atoms with van der Waals surface area (Å²) >= 11 is 1.32.